The Kier molecular flexibility index (Phi) is 8.40. The molecule has 10 nitrogen and oxygen atoms in total. The van der Waals surface area contributed by atoms with Crippen LogP contribution < -0.4 is 16.2 Å². The molecule has 2 amide bonds. The first-order chi connectivity index (χ1) is 20.5. The quantitative estimate of drug-likeness (QED) is 0.333. The van der Waals surface area contributed by atoms with Gasteiger partial charge in [-0.15, -0.1) is 0 Å². The summed E-state index contributed by atoms with van der Waals surface area (Å²) < 4.78 is 6.58. The van der Waals surface area contributed by atoms with Crippen LogP contribution >= 0.6 is 0 Å². The number of hydrogen-bond acceptors (Lipinski definition) is 7. The number of pyridine rings is 1. The van der Waals surface area contributed by atoms with Gasteiger partial charge in [0.05, 0.1) is 24.5 Å². The Morgan fingerprint density at radius 3 is 2.28 bits per heavy atom. The number of amides is 2. The number of benzene rings is 2. The number of carbonyl (C=O) groups is 2. The number of nitrogens with zero attached hydrogens (tertiary/aromatic N) is 4. The molecule has 2 aromatic carbocycles. The molecule has 0 bridgehead atoms. The summed E-state index contributed by atoms with van der Waals surface area (Å²) in [5.41, 5.74) is 4.90. The number of hydrogen-bond donors (Lipinski definition) is 2. The molecule has 0 radical (unpaired) electrons. The van der Waals surface area contributed by atoms with Gasteiger partial charge in [-0.2, -0.15) is 5.10 Å². The van der Waals surface area contributed by atoms with E-state index in [0.717, 1.165) is 16.7 Å². The van der Waals surface area contributed by atoms with Crippen molar-refractivity contribution in [3.05, 3.63) is 99.5 Å². The molecule has 2 N–H and O–H groups in total. The van der Waals surface area contributed by atoms with Crippen molar-refractivity contribution in [2.45, 2.75) is 33.1 Å². The van der Waals surface area contributed by atoms with E-state index >= 15 is 0 Å². The summed E-state index contributed by atoms with van der Waals surface area (Å²) in [5, 5.41) is 10.6. The number of aryl methyl sites for hydroxylation is 1. The number of morpholine rings is 1. The summed E-state index contributed by atoms with van der Waals surface area (Å²) in [6, 6.07) is 18.2. The molecule has 43 heavy (non-hydrogen) atoms. The lowest BCUT2D eigenvalue weighted by atomic mass is 9.86. The van der Waals surface area contributed by atoms with Crippen LogP contribution in [0.5, 0.6) is 0 Å². The molecule has 5 rings (SSSR count). The predicted molar refractivity (Wildman–Crippen MR) is 167 cm³/mol. The average molecular weight is 581 g/mol. The molecule has 10 heteroatoms. The Labute approximate surface area is 250 Å². The maximum Gasteiger partial charge on any atom is 0.290 e. The van der Waals surface area contributed by atoms with Crippen molar-refractivity contribution in [2.24, 2.45) is 7.05 Å². The summed E-state index contributed by atoms with van der Waals surface area (Å²) in [4.78, 5) is 44.9. The summed E-state index contributed by atoms with van der Waals surface area (Å²) in [6.45, 7) is 10.4. The van der Waals surface area contributed by atoms with Crippen LogP contribution in [0.1, 0.15) is 52.6 Å². The van der Waals surface area contributed by atoms with E-state index in [0.29, 0.717) is 54.6 Å². The molecule has 3 heterocycles. The Morgan fingerprint density at radius 1 is 0.930 bits per heavy atom. The third-order valence-electron chi connectivity index (χ3n) is 7.51. The van der Waals surface area contributed by atoms with Crippen molar-refractivity contribution in [3.8, 4) is 11.3 Å². The monoisotopic (exact) mass is 580 g/mol. The number of rotatable bonds is 6. The highest BCUT2D eigenvalue weighted by Gasteiger charge is 2.20. The van der Waals surface area contributed by atoms with Gasteiger partial charge < -0.3 is 20.3 Å². The van der Waals surface area contributed by atoms with Gasteiger partial charge >= 0.3 is 0 Å². The summed E-state index contributed by atoms with van der Waals surface area (Å²) in [5.74, 6) is 0.106. The zero-order chi connectivity index (χ0) is 30.7. The van der Waals surface area contributed by atoms with Crippen molar-refractivity contribution in [1.82, 2.24) is 19.7 Å². The van der Waals surface area contributed by atoms with Crippen LogP contribution in [0.4, 0.5) is 17.2 Å². The number of carbonyl (C=O) groups excluding carboxylic acids is 2. The third-order valence-corrected chi connectivity index (χ3v) is 7.51. The molecule has 0 spiro atoms. The first kappa shape index (κ1) is 29.7. The van der Waals surface area contributed by atoms with Crippen LogP contribution in [0.15, 0.2) is 71.7 Å². The molecule has 1 saturated heterocycles. The van der Waals surface area contributed by atoms with Crippen LogP contribution in [0.25, 0.3) is 11.3 Å². The molecule has 0 atom stereocenters. The maximum atomic E-state index is 13.1. The molecule has 0 saturated carbocycles. The second-order valence-corrected chi connectivity index (χ2v) is 11.6. The van der Waals surface area contributed by atoms with Crippen LogP contribution in [0.2, 0.25) is 0 Å². The van der Waals surface area contributed by atoms with Gasteiger partial charge in [-0.05, 0) is 59.9 Å². The summed E-state index contributed by atoms with van der Waals surface area (Å²) in [6.07, 6.45) is 1.50. The molecular weight excluding hydrogens is 544 g/mol. The molecule has 2 aromatic heterocycles. The molecular formula is C33H36N6O4. The second kappa shape index (κ2) is 12.2. The molecule has 1 aliphatic rings. The van der Waals surface area contributed by atoms with E-state index in [2.05, 4.69) is 41.5 Å². The van der Waals surface area contributed by atoms with Gasteiger partial charge in [0.25, 0.3) is 17.4 Å². The van der Waals surface area contributed by atoms with Gasteiger partial charge in [-0.3, -0.25) is 14.4 Å². The number of ether oxygens (including phenoxy) is 1. The highest BCUT2D eigenvalue weighted by atomic mass is 16.5. The molecule has 4 aromatic rings. The van der Waals surface area contributed by atoms with Crippen LogP contribution in [0, 0.1) is 6.92 Å². The van der Waals surface area contributed by atoms with E-state index in [-0.39, 0.29) is 28.5 Å². The van der Waals surface area contributed by atoms with E-state index in [9.17, 15) is 14.4 Å². The lowest BCUT2D eigenvalue weighted by Crippen LogP contribution is -2.40. The van der Waals surface area contributed by atoms with Gasteiger partial charge in [-0.25, -0.2) is 9.67 Å². The predicted octanol–water partition coefficient (Wildman–Crippen LogP) is 4.92. The Bertz CT molecular complexity index is 1700. The average Bonchev–Trinajstić information content (AvgIpc) is 3.00. The fourth-order valence-electron chi connectivity index (χ4n) is 4.88. The minimum absolute atomic E-state index is 0.00197. The number of anilines is 3. The van der Waals surface area contributed by atoms with Crippen molar-refractivity contribution < 1.29 is 14.3 Å². The lowest BCUT2D eigenvalue weighted by Gasteiger charge is -2.26. The van der Waals surface area contributed by atoms with E-state index in [1.165, 1.54) is 10.9 Å². The highest BCUT2D eigenvalue weighted by molar-refractivity contribution is 6.05. The molecule has 1 fully saturated rings. The molecule has 222 valence electrons. The zero-order valence-electron chi connectivity index (χ0n) is 25.1. The third kappa shape index (κ3) is 6.65. The minimum atomic E-state index is -0.333. The topological polar surface area (TPSA) is 118 Å². The standard InChI is InChI=1S/C33H36N6O4/c1-21-25(7-6-8-26(21)36-30(40)22-9-12-24(13-10-22)33(2,3)4)27-19-28(32(42)38(5)37-27)35-29-14-11-23(20-34-29)31(41)39-15-17-43-18-16-39/h6-14,19-20H,15-18H2,1-5H3,(H,34,35)(H,36,40). The number of aromatic nitrogens is 3. The lowest BCUT2D eigenvalue weighted by molar-refractivity contribution is 0.0302. The van der Waals surface area contributed by atoms with E-state index < -0.39 is 0 Å². The van der Waals surface area contributed by atoms with Crippen molar-refractivity contribution >= 4 is 29.0 Å². The zero-order valence-corrected chi connectivity index (χ0v) is 25.1. The van der Waals surface area contributed by atoms with Gasteiger partial charge in [0, 0.05) is 43.1 Å². The molecule has 1 aliphatic heterocycles. The molecule has 0 unspecified atom stereocenters. The largest absolute Gasteiger partial charge is 0.378 e. The highest BCUT2D eigenvalue weighted by Crippen LogP contribution is 2.29. The number of nitrogens with one attached hydrogen (secondary N) is 2. The Balaban J connectivity index is 1.35. The maximum absolute atomic E-state index is 13.1. The van der Waals surface area contributed by atoms with Gasteiger partial charge in [0.2, 0.25) is 0 Å². The fourth-order valence-corrected chi connectivity index (χ4v) is 4.88. The summed E-state index contributed by atoms with van der Waals surface area (Å²) in [7, 11) is 1.58. The minimum Gasteiger partial charge on any atom is -0.378 e. The van der Waals surface area contributed by atoms with Gasteiger partial charge in [-0.1, -0.05) is 45.0 Å². The van der Waals surface area contributed by atoms with Gasteiger partial charge in [0.15, 0.2) is 0 Å². The normalized spacial score (nSPS) is 13.5. The fraction of sp³-hybridized carbons (Fsp3) is 0.303. The van der Waals surface area contributed by atoms with E-state index in [1.807, 2.05) is 49.4 Å². The smallest absolute Gasteiger partial charge is 0.290 e. The van der Waals surface area contributed by atoms with Crippen molar-refractivity contribution in [2.75, 3.05) is 36.9 Å². The Hall–Kier alpha value is -4.83. The van der Waals surface area contributed by atoms with Crippen LogP contribution in [-0.2, 0) is 17.2 Å². The first-order valence-electron chi connectivity index (χ1n) is 14.2. The first-order valence-corrected chi connectivity index (χ1v) is 14.2. The van der Waals surface area contributed by atoms with Crippen molar-refractivity contribution in [1.29, 1.82) is 0 Å². The van der Waals surface area contributed by atoms with Crippen molar-refractivity contribution in [3.63, 3.8) is 0 Å². The van der Waals surface area contributed by atoms with E-state index in [1.54, 1.807) is 30.1 Å². The second-order valence-electron chi connectivity index (χ2n) is 11.6. The molecule has 0 aliphatic carbocycles. The van der Waals surface area contributed by atoms with E-state index in [4.69, 9.17) is 4.74 Å². The SMILES string of the molecule is Cc1c(NC(=O)c2ccc(C(C)(C)C)cc2)cccc1-c1cc(Nc2ccc(C(=O)N3CCOCC3)cn2)c(=O)n(C)n1. The van der Waals surface area contributed by atoms with Gasteiger partial charge in [0.1, 0.15) is 11.5 Å². The summed E-state index contributed by atoms with van der Waals surface area (Å²) >= 11 is 0. The van der Waals surface area contributed by atoms with Crippen LogP contribution in [0.3, 0.4) is 0 Å². The van der Waals surface area contributed by atoms with Crippen LogP contribution in [-0.4, -0.2) is 57.8 Å². The Morgan fingerprint density at radius 2 is 1.63 bits per heavy atom.